The molecule has 1 saturated heterocycles. The molecule has 8 heteroatoms. The first-order chi connectivity index (χ1) is 10.9. The van der Waals surface area contributed by atoms with Crippen molar-refractivity contribution in [2.75, 3.05) is 31.1 Å². The molecule has 0 saturated carbocycles. The highest BCUT2D eigenvalue weighted by Gasteiger charge is 2.31. The lowest BCUT2D eigenvalue weighted by atomic mass is 10.2. The Labute approximate surface area is 132 Å². The molecule has 3 heterocycles. The van der Waals surface area contributed by atoms with Gasteiger partial charge < -0.3 is 9.47 Å². The second-order valence-electron chi connectivity index (χ2n) is 5.62. The Kier molecular flexibility index (Phi) is 4.25. The van der Waals surface area contributed by atoms with Crippen LogP contribution in [0.1, 0.15) is 11.4 Å². The molecule has 5 nitrogen and oxygen atoms in total. The quantitative estimate of drug-likeness (QED) is 0.867. The molecule has 0 spiro atoms. The van der Waals surface area contributed by atoms with Crippen LogP contribution in [0.3, 0.4) is 0 Å². The van der Waals surface area contributed by atoms with Gasteiger partial charge in [0.2, 0.25) is 0 Å². The van der Waals surface area contributed by atoms with Crippen LogP contribution in [0.2, 0.25) is 0 Å². The van der Waals surface area contributed by atoms with Gasteiger partial charge in [-0.05, 0) is 12.1 Å². The third kappa shape index (κ3) is 3.64. The summed E-state index contributed by atoms with van der Waals surface area (Å²) >= 11 is 0. The van der Waals surface area contributed by atoms with Gasteiger partial charge in [-0.1, -0.05) is 0 Å². The van der Waals surface area contributed by atoms with Crippen molar-refractivity contribution in [3.63, 3.8) is 0 Å². The van der Waals surface area contributed by atoms with Crippen molar-refractivity contribution in [2.24, 2.45) is 7.05 Å². The SMILES string of the molecule is Cn1ccnc1CN1CCN(c2ccc(C(F)(F)F)cn2)CC1. The number of hydrogen-bond donors (Lipinski definition) is 0. The maximum atomic E-state index is 12.6. The molecule has 0 aromatic carbocycles. The van der Waals surface area contributed by atoms with Crippen LogP contribution in [0, 0.1) is 0 Å². The number of anilines is 1. The Morgan fingerprint density at radius 1 is 1.09 bits per heavy atom. The second kappa shape index (κ2) is 6.19. The molecule has 1 fully saturated rings. The molecule has 23 heavy (non-hydrogen) atoms. The highest BCUT2D eigenvalue weighted by molar-refractivity contribution is 5.40. The van der Waals surface area contributed by atoms with Crippen molar-refractivity contribution < 1.29 is 13.2 Å². The minimum absolute atomic E-state index is 0.592. The Morgan fingerprint density at radius 2 is 1.83 bits per heavy atom. The maximum Gasteiger partial charge on any atom is 0.417 e. The van der Waals surface area contributed by atoms with Crippen LogP contribution >= 0.6 is 0 Å². The molecule has 1 aliphatic heterocycles. The molecule has 124 valence electrons. The van der Waals surface area contributed by atoms with Crippen molar-refractivity contribution >= 4 is 5.82 Å². The molecule has 2 aromatic rings. The number of nitrogens with zero attached hydrogens (tertiary/aromatic N) is 5. The molecule has 0 atom stereocenters. The summed E-state index contributed by atoms with van der Waals surface area (Å²) in [6.45, 7) is 3.91. The first-order valence-electron chi connectivity index (χ1n) is 7.40. The van der Waals surface area contributed by atoms with Crippen molar-refractivity contribution in [1.82, 2.24) is 19.4 Å². The maximum absolute atomic E-state index is 12.6. The van der Waals surface area contributed by atoms with Gasteiger partial charge in [-0.15, -0.1) is 0 Å². The smallest absolute Gasteiger partial charge is 0.354 e. The minimum Gasteiger partial charge on any atom is -0.354 e. The Bertz CT molecular complexity index is 642. The summed E-state index contributed by atoms with van der Waals surface area (Å²) < 4.78 is 39.7. The van der Waals surface area contributed by atoms with E-state index in [0.29, 0.717) is 5.82 Å². The fourth-order valence-corrected chi connectivity index (χ4v) is 2.62. The molecule has 0 aliphatic carbocycles. The van der Waals surface area contributed by atoms with Crippen LogP contribution in [0.4, 0.5) is 19.0 Å². The molecule has 0 bridgehead atoms. The molecule has 0 unspecified atom stereocenters. The number of alkyl halides is 3. The summed E-state index contributed by atoms with van der Waals surface area (Å²) in [6.07, 6.45) is 0.247. The third-order valence-corrected chi connectivity index (χ3v) is 4.06. The van der Waals surface area contributed by atoms with E-state index in [1.165, 1.54) is 6.07 Å². The van der Waals surface area contributed by atoms with E-state index in [1.807, 2.05) is 22.7 Å². The van der Waals surface area contributed by atoms with Crippen LogP contribution in [-0.2, 0) is 19.8 Å². The van der Waals surface area contributed by atoms with Crippen molar-refractivity contribution in [3.05, 3.63) is 42.1 Å². The molecule has 0 radical (unpaired) electrons. The van der Waals surface area contributed by atoms with Gasteiger partial charge in [0.15, 0.2) is 0 Å². The molecule has 2 aromatic heterocycles. The normalized spacial score (nSPS) is 16.8. The van der Waals surface area contributed by atoms with Gasteiger partial charge in [0, 0.05) is 51.8 Å². The van der Waals surface area contributed by atoms with Gasteiger partial charge in [0.25, 0.3) is 0 Å². The van der Waals surface area contributed by atoms with Crippen molar-refractivity contribution in [2.45, 2.75) is 12.7 Å². The van der Waals surface area contributed by atoms with Crippen LogP contribution < -0.4 is 4.90 Å². The highest BCUT2D eigenvalue weighted by atomic mass is 19.4. The van der Waals surface area contributed by atoms with Crippen LogP contribution in [0.15, 0.2) is 30.7 Å². The van der Waals surface area contributed by atoms with Crippen molar-refractivity contribution in [3.8, 4) is 0 Å². The molecular weight excluding hydrogens is 307 g/mol. The fraction of sp³-hybridized carbons (Fsp3) is 0.467. The zero-order valence-corrected chi connectivity index (χ0v) is 12.8. The Hall–Kier alpha value is -2.09. The highest BCUT2D eigenvalue weighted by Crippen LogP contribution is 2.29. The monoisotopic (exact) mass is 325 g/mol. The predicted molar refractivity (Wildman–Crippen MR) is 79.9 cm³/mol. The van der Waals surface area contributed by atoms with E-state index in [4.69, 9.17) is 0 Å². The topological polar surface area (TPSA) is 37.2 Å². The van der Waals surface area contributed by atoms with Gasteiger partial charge in [0.05, 0.1) is 12.1 Å². The second-order valence-corrected chi connectivity index (χ2v) is 5.62. The summed E-state index contributed by atoms with van der Waals surface area (Å²) in [6, 6.07) is 2.53. The summed E-state index contributed by atoms with van der Waals surface area (Å²) in [4.78, 5) is 12.6. The first-order valence-corrected chi connectivity index (χ1v) is 7.40. The largest absolute Gasteiger partial charge is 0.417 e. The van der Waals surface area contributed by atoms with Crippen molar-refractivity contribution in [1.29, 1.82) is 0 Å². The lowest BCUT2D eigenvalue weighted by Crippen LogP contribution is -2.46. The minimum atomic E-state index is -4.34. The number of halogens is 3. The summed E-state index contributed by atoms with van der Waals surface area (Å²) in [5.41, 5.74) is -0.713. The molecule has 0 N–H and O–H groups in total. The number of hydrogen-bond acceptors (Lipinski definition) is 4. The Morgan fingerprint density at radius 3 is 2.35 bits per heavy atom. The number of aryl methyl sites for hydroxylation is 1. The summed E-state index contributed by atoms with van der Waals surface area (Å²) in [5, 5.41) is 0. The molecule has 1 aliphatic rings. The van der Waals surface area contributed by atoms with E-state index in [-0.39, 0.29) is 0 Å². The number of pyridine rings is 1. The van der Waals surface area contributed by atoms with Crippen LogP contribution in [0.5, 0.6) is 0 Å². The van der Waals surface area contributed by atoms with Gasteiger partial charge in [-0.25, -0.2) is 9.97 Å². The molecule has 0 amide bonds. The summed E-state index contributed by atoms with van der Waals surface area (Å²) in [7, 11) is 1.96. The summed E-state index contributed by atoms with van der Waals surface area (Å²) in [5.74, 6) is 1.60. The van der Waals surface area contributed by atoms with Crippen LogP contribution in [-0.4, -0.2) is 45.6 Å². The molecular formula is C15H18F3N5. The zero-order valence-electron chi connectivity index (χ0n) is 12.8. The number of aromatic nitrogens is 3. The standard InChI is InChI=1S/C15H18F3N5/c1-21-5-4-19-14(21)11-22-6-8-23(9-7-22)13-3-2-12(10-20-13)15(16,17)18/h2-5,10H,6-9,11H2,1H3. The zero-order chi connectivity index (χ0) is 16.4. The van der Waals surface area contributed by atoms with E-state index in [2.05, 4.69) is 14.9 Å². The van der Waals surface area contributed by atoms with Gasteiger partial charge in [0.1, 0.15) is 11.6 Å². The average molecular weight is 325 g/mol. The number of rotatable bonds is 3. The lowest BCUT2D eigenvalue weighted by Gasteiger charge is -2.35. The van der Waals surface area contributed by atoms with Gasteiger partial charge in [-0.3, -0.25) is 4.90 Å². The predicted octanol–water partition coefficient (Wildman–Crippen LogP) is 2.16. The van der Waals surface area contributed by atoms with E-state index < -0.39 is 11.7 Å². The van der Waals surface area contributed by atoms with Crippen LogP contribution in [0.25, 0.3) is 0 Å². The van der Waals surface area contributed by atoms with E-state index in [0.717, 1.165) is 50.8 Å². The van der Waals surface area contributed by atoms with E-state index in [9.17, 15) is 13.2 Å². The fourth-order valence-electron chi connectivity index (χ4n) is 2.62. The number of imidazole rings is 1. The average Bonchev–Trinajstić information content (AvgIpc) is 2.93. The van der Waals surface area contributed by atoms with Gasteiger partial charge >= 0.3 is 6.18 Å². The first kappa shape index (κ1) is 15.8. The third-order valence-electron chi connectivity index (χ3n) is 4.06. The number of piperazine rings is 1. The lowest BCUT2D eigenvalue weighted by molar-refractivity contribution is -0.137. The van der Waals surface area contributed by atoms with E-state index >= 15 is 0 Å². The van der Waals surface area contributed by atoms with E-state index in [1.54, 1.807) is 6.20 Å². The van der Waals surface area contributed by atoms with Gasteiger partial charge in [-0.2, -0.15) is 13.2 Å². The molecule has 3 rings (SSSR count). The Balaban J connectivity index is 1.57.